The third-order valence-electron chi connectivity index (χ3n) is 4.99. The van der Waals surface area contributed by atoms with E-state index < -0.39 is 4.92 Å². The fraction of sp³-hybridized carbons (Fsp3) is 0.600. The van der Waals surface area contributed by atoms with Gasteiger partial charge >= 0.3 is 35.0 Å². The van der Waals surface area contributed by atoms with E-state index in [-0.39, 0.29) is 21.6 Å². The van der Waals surface area contributed by atoms with Crippen LogP contribution in [0.25, 0.3) is 4.85 Å². The Balaban J connectivity index is 0.000000338. The third kappa shape index (κ3) is 12.7. The molecule has 0 atom stereocenters. The molecule has 0 spiro atoms. The van der Waals surface area contributed by atoms with Crippen molar-refractivity contribution in [3.05, 3.63) is 52.5 Å². The fourth-order valence-corrected chi connectivity index (χ4v) is 3.37. The van der Waals surface area contributed by atoms with Crippen molar-refractivity contribution in [1.82, 2.24) is 10.7 Å². The van der Waals surface area contributed by atoms with Gasteiger partial charge in [0.15, 0.2) is 6.67 Å². The molecule has 0 aliphatic heterocycles. The summed E-state index contributed by atoms with van der Waals surface area (Å²) in [5.41, 5.74) is 6.56. The van der Waals surface area contributed by atoms with Crippen molar-refractivity contribution in [2.75, 3.05) is 5.43 Å². The Morgan fingerprint density at radius 3 is 2.03 bits per heavy atom. The molecule has 0 unspecified atom stereocenters. The number of nitrogens with zero attached hydrogens (tertiary/aromatic N) is 2. The summed E-state index contributed by atoms with van der Waals surface area (Å²) >= 11 is -0.106. The zero-order valence-corrected chi connectivity index (χ0v) is 19.9. The molecule has 10 heteroatoms. The summed E-state index contributed by atoms with van der Waals surface area (Å²) < 4.78 is 0. The molecule has 0 bridgehead atoms. The predicted molar refractivity (Wildman–Crippen MR) is 118 cm³/mol. The first-order valence-electron chi connectivity index (χ1n) is 10.1. The molecule has 0 amide bonds. The van der Waals surface area contributed by atoms with E-state index in [0.717, 1.165) is 18.5 Å². The van der Waals surface area contributed by atoms with Crippen LogP contribution in [0.4, 0.5) is 11.4 Å². The summed E-state index contributed by atoms with van der Waals surface area (Å²) in [4.78, 5) is 13.6. The number of nitro benzene ring substituents is 1. The van der Waals surface area contributed by atoms with Crippen LogP contribution in [-0.2, 0) is 15.9 Å². The van der Waals surface area contributed by atoms with Gasteiger partial charge in [-0.25, -0.2) is 12.0 Å². The number of hydrazine groups is 1. The van der Waals surface area contributed by atoms with Crippen molar-refractivity contribution in [1.29, 1.82) is 0 Å². The van der Waals surface area contributed by atoms with Crippen LogP contribution in [0.15, 0.2) is 24.3 Å². The molecule has 1 aromatic rings. The van der Waals surface area contributed by atoms with Crippen molar-refractivity contribution in [2.45, 2.75) is 76.3 Å². The summed E-state index contributed by atoms with van der Waals surface area (Å²) in [6, 6.07) is 7.08. The number of anilines is 1. The molecule has 0 aromatic heterocycles. The Labute approximate surface area is 195 Å². The van der Waals surface area contributed by atoms with Gasteiger partial charge in [0.05, 0.1) is 4.92 Å². The quantitative estimate of drug-likeness (QED) is 0.101. The van der Waals surface area contributed by atoms with E-state index in [1.807, 2.05) is 0 Å². The number of non-ortho nitro benzene ring substituents is 1. The van der Waals surface area contributed by atoms with Crippen molar-refractivity contribution >= 4 is 30.4 Å². The number of halogens is 2. The molecule has 2 fully saturated rings. The Morgan fingerprint density at radius 1 is 1.03 bits per heavy atom. The SMILES string of the molecule is O=[N+]([O-])c1ccc(NN[C]NC2CCCCC2)cc1.[C-]#[N+]C1CCCCC1.[Cl][Pd][Cl]. The molecule has 3 N–H and O–H groups in total. The van der Waals surface area contributed by atoms with Crippen LogP contribution in [0.3, 0.4) is 0 Å². The van der Waals surface area contributed by atoms with Crippen molar-refractivity contribution in [3.63, 3.8) is 0 Å². The van der Waals surface area contributed by atoms with Gasteiger partial charge in [0.2, 0.25) is 6.04 Å². The molecule has 2 aliphatic rings. The fourth-order valence-electron chi connectivity index (χ4n) is 3.37. The van der Waals surface area contributed by atoms with E-state index in [2.05, 4.69) is 27.7 Å². The molecular formula is C20H29Cl2N5O2Pd. The number of hydrogen-bond acceptors (Lipinski definition) is 5. The summed E-state index contributed by atoms with van der Waals surface area (Å²) in [6.45, 7) is 9.62. The average molecular weight is 549 g/mol. The second-order valence-electron chi connectivity index (χ2n) is 7.12. The molecule has 1 aromatic carbocycles. The van der Waals surface area contributed by atoms with Crippen LogP contribution in [0, 0.1) is 23.4 Å². The molecule has 170 valence electrons. The molecule has 0 saturated heterocycles. The van der Waals surface area contributed by atoms with Crippen molar-refractivity contribution in [2.24, 2.45) is 0 Å². The molecule has 30 heavy (non-hydrogen) atoms. The van der Waals surface area contributed by atoms with Crippen molar-refractivity contribution < 1.29 is 20.9 Å². The minimum absolute atomic E-state index is 0.0823. The normalized spacial score (nSPS) is 17.0. The summed E-state index contributed by atoms with van der Waals surface area (Å²) in [7, 11) is 9.63. The van der Waals surface area contributed by atoms with Crippen LogP contribution in [0.1, 0.15) is 64.2 Å². The predicted octanol–water partition coefficient (Wildman–Crippen LogP) is 6.04. The molecule has 2 radical (unpaired) electrons. The van der Waals surface area contributed by atoms with Crippen LogP contribution in [0.5, 0.6) is 0 Å². The first kappa shape index (κ1) is 27.1. The van der Waals surface area contributed by atoms with Gasteiger partial charge in [-0.3, -0.25) is 15.4 Å². The van der Waals surface area contributed by atoms with Gasteiger partial charge in [0.1, 0.15) is 0 Å². The standard InChI is InChI=1S/C13H18N4O2.C7H11N.2ClH.Pd/c18-17(19)13-8-6-12(7-9-13)16-15-10-14-11-4-2-1-3-5-11;1-8-7-5-3-2-4-6-7;;;/h6-9,11,14-16H,1-5H2;7H,2-6H2;2*1H;/q;;;;+2/p-2. The number of nitro groups is 1. The maximum absolute atomic E-state index is 10.5. The Morgan fingerprint density at radius 2 is 1.57 bits per heavy atom. The van der Waals surface area contributed by atoms with Gasteiger partial charge in [-0.2, -0.15) is 0 Å². The van der Waals surface area contributed by atoms with Crippen molar-refractivity contribution in [3.8, 4) is 0 Å². The second kappa shape index (κ2) is 17.7. The number of rotatable bonds is 6. The Hall–Kier alpha value is -0.928. The van der Waals surface area contributed by atoms with Crippen LogP contribution < -0.4 is 16.2 Å². The first-order chi connectivity index (χ1) is 14.6. The molecule has 0 heterocycles. The number of benzene rings is 1. The number of hydrogen-bond donors (Lipinski definition) is 3. The molecule has 7 nitrogen and oxygen atoms in total. The minimum atomic E-state index is -0.417. The summed E-state index contributed by atoms with van der Waals surface area (Å²) in [5.74, 6) is 0. The van der Waals surface area contributed by atoms with Crippen LogP contribution in [0.2, 0.25) is 0 Å². The van der Waals surface area contributed by atoms with Gasteiger partial charge in [0, 0.05) is 36.7 Å². The Kier molecular flexibility index (Phi) is 16.0. The van der Waals surface area contributed by atoms with Gasteiger partial charge in [0.25, 0.3) is 5.69 Å². The average Bonchev–Trinajstić information content (AvgIpc) is 2.79. The molecular weight excluding hydrogens is 520 g/mol. The monoisotopic (exact) mass is 547 g/mol. The third-order valence-corrected chi connectivity index (χ3v) is 4.99. The van der Waals surface area contributed by atoms with E-state index >= 15 is 0 Å². The zero-order valence-electron chi connectivity index (χ0n) is 16.8. The zero-order chi connectivity index (χ0) is 22.0. The van der Waals surface area contributed by atoms with E-state index in [1.165, 1.54) is 63.5 Å². The van der Waals surface area contributed by atoms with Gasteiger partial charge < -0.3 is 10.3 Å². The van der Waals surface area contributed by atoms with Crippen LogP contribution >= 0.6 is 19.1 Å². The first-order valence-corrected chi connectivity index (χ1v) is 14.1. The van der Waals surface area contributed by atoms with Crippen LogP contribution in [-0.4, -0.2) is 17.0 Å². The van der Waals surface area contributed by atoms with E-state index in [4.69, 9.17) is 25.6 Å². The molecule has 2 saturated carbocycles. The van der Waals surface area contributed by atoms with Gasteiger partial charge in [-0.15, -0.1) is 0 Å². The van der Waals surface area contributed by atoms with Gasteiger partial charge in [-0.1, -0.05) is 25.7 Å². The number of nitrogens with one attached hydrogen (secondary N) is 3. The topological polar surface area (TPSA) is 83.6 Å². The Bertz CT molecular complexity index is 619. The summed E-state index contributed by atoms with van der Waals surface area (Å²) in [6.07, 6.45) is 12.5. The van der Waals surface area contributed by atoms with E-state index in [0.29, 0.717) is 12.1 Å². The second-order valence-corrected chi connectivity index (χ2v) is 9.48. The van der Waals surface area contributed by atoms with Gasteiger partial charge in [-0.05, 0) is 37.8 Å². The molecule has 3 rings (SSSR count). The summed E-state index contributed by atoms with van der Waals surface area (Å²) in [5, 5.41) is 13.7. The van der Waals surface area contributed by atoms with E-state index in [1.54, 1.807) is 12.1 Å². The van der Waals surface area contributed by atoms with E-state index in [9.17, 15) is 10.1 Å². The maximum atomic E-state index is 10.5. The molecule has 2 aliphatic carbocycles.